The minimum Gasteiger partial charge on any atom is -0.491 e. The predicted molar refractivity (Wildman–Crippen MR) is 81.9 cm³/mol. The molecule has 2 rings (SSSR count). The molecule has 0 aliphatic rings. The summed E-state index contributed by atoms with van der Waals surface area (Å²) < 4.78 is 18.5. The van der Waals surface area contributed by atoms with Crippen LogP contribution in [0, 0.1) is 5.82 Å². The van der Waals surface area contributed by atoms with Crippen molar-refractivity contribution in [2.24, 2.45) is 0 Å². The predicted octanol–water partition coefficient (Wildman–Crippen LogP) is 4.06. The molecule has 0 radical (unpaired) electrons. The molecule has 2 nitrogen and oxygen atoms in total. The summed E-state index contributed by atoms with van der Waals surface area (Å²) in [5.41, 5.74) is 0.695. The van der Waals surface area contributed by atoms with Crippen molar-refractivity contribution in [3.8, 4) is 5.75 Å². The van der Waals surface area contributed by atoms with Gasteiger partial charge >= 0.3 is 0 Å². The third kappa shape index (κ3) is 4.30. The molecule has 112 valence electrons. The lowest BCUT2D eigenvalue weighted by molar-refractivity contribution is 0.0575. The average molecular weight is 288 g/mol. The number of rotatable bonds is 5. The summed E-state index contributed by atoms with van der Waals surface area (Å²) in [6.45, 7) is 5.70. The van der Waals surface area contributed by atoms with Crippen LogP contribution in [0.1, 0.15) is 31.9 Å². The maximum atomic E-state index is 12.9. The molecular weight excluding hydrogens is 267 g/mol. The molecule has 0 saturated carbocycles. The van der Waals surface area contributed by atoms with Gasteiger partial charge in [0.15, 0.2) is 0 Å². The standard InChI is InChI=1S/C18H21FO2/c1-13(2)21-17-10-6-15(7-11-17)18(3,20)12-14-4-8-16(19)9-5-14/h4-11,13,20H,12H2,1-3H3. The lowest BCUT2D eigenvalue weighted by Gasteiger charge is -2.24. The molecule has 0 aliphatic heterocycles. The second-order valence-electron chi connectivity index (χ2n) is 5.77. The lowest BCUT2D eigenvalue weighted by Crippen LogP contribution is -2.24. The van der Waals surface area contributed by atoms with E-state index >= 15 is 0 Å². The molecule has 0 heterocycles. The van der Waals surface area contributed by atoms with Crippen molar-refractivity contribution in [2.45, 2.75) is 38.9 Å². The molecule has 0 amide bonds. The monoisotopic (exact) mass is 288 g/mol. The molecule has 0 aromatic heterocycles. The Hall–Kier alpha value is -1.87. The van der Waals surface area contributed by atoms with Gasteiger partial charge in [0.1, 0.15) is 11.6 Å². The van der Waals surface area contributed by atoms with Crippen LogP contribution in [0.15, 0.2) is 48.5 Å². The maximum absolute atomic E-state index is 12.9. The molecular formula is C18H21FO2. The van der Waals surface area contributed by atoms with Crippen molar-refractivity contribution in [3.05, 3.63) is 65.5 Å². The van der Waals surface area contributed by atoms with E-state index in [1.54, 1.807) is 19.1 Å². The zero-order chi connectivity index (χ0) is 15.5. The van der Waals surface area contributed by atoms with Crippen LogP contribution in [0.2, 0.25) is 0 Å². The van der Waals surface area contributed by atoms with E-state index < -0.39 is 5.60 Å². The van der Waals surface area contributed by atoms with E-state index in [0.29, 0.717) is 6.42 Å². The van der Waals surface area contributed by atoms with E-state index in [0.717, 1.165) is 16.9 Å². The molecule has 0 aliphatic carbocycles. The Morgan fingerprint density at radius 2 is 1.62 bits per heavy atom. The molecule has 21 heavy (non-hydrogen) atoms. The third-order valence-corrected chi connectivity index (χ3v) is 3.31. The highest BCUT2D eigenvalue weighted by Crippen LogP contribution is 2.27. The number of aliphatic hydroxyl groups is 1. The highest BCUT2D eigenvalue weighted by Gasteiger charge is 2.23. The summed E-state index contributed by atoms with van der Waals surface area (Å²) in [5, 5.41) is 10.6. The quantitative estimate of drug-likeness (QED) is 0.899. The van der Waals surface area contributed by atoms with Gasteiger partial charge in [0.25, 0.3) is 0 Å². The summed E-state index contributed by atoms with van der Waals surface area (Å²) >= 11 is 0. The van der Waals surface area contributed by atoms with Gasteiger partial charge in [0.2, 0.25) is 0 Å². The second kappa shape index (κ2) is 6.27. The lowest BCUT2D eigenvalue weighted by atomic mass is 9.89. The Balaban J connectivity index is 2.13. The zero-order valence-corrected chi connectivity index (χ0v) is 12.6. The van der Waals surface area contributed by atoms with Crippen molar-refractivity contribution in [3.63, 3.8) is 0 Å². The molecule has 0 bridgehead atoms. The van der Waals surface area contributed by atoms with E-state index in [9.17, 15) is 9.50 Å². The summed E-state index contributed by atoms with van der Waals surface area (Å²) in [6, 6.07) is 13.6. The second-order valence-corrected chi connectivity index (χ2v) is 5.77. The van der Waals surface area contributed by atoms with Crippen LogP contribution in [-0.2, 0) is 12.0 Å². The van der Waals surface area contributed by atoms with Gasteiger partial charge in [-0.05, 0) is 56.2 Å². The smallest absolute Gasteiger partial charge is 0.123 e. The Bertz CT molecular complexity index is 571. The SMILES string of the molecule is CC(C)Oc1ccc(C(C)(O)Cc2ccc(F)cc2)cc1. The molecule has 0 spiro atoms. The van der Waals surface area contributed by atoms with Gasteiger partial charge in [0, 0.05) is 6.42 Å². The summed E-state index contributed by atoms with van der Waals surface area (Å²) in [4.78, 5) is 0. The van der Waals surface area contributed by atoms with Crippen LogP contribution >= 0.6 is 0 Å². The molecule has 3 heteroatoms. The van der Waals surface area contributed by atoms with Gasteiger partial charge in [-0.1, -0.05) is 24.3 Å². The van der Waals surface area contributed by atoms with Gasteiger partial charge in [0.05, 0.1) is 11.7 Å². The van der Waals surface area contributed by atoms with Crippen LogP contribution in [-0.4, -0.2) is 11.2 Å². The van der Waals surface area contributed by atoms with E-state index in [2.05, 4.69) is 0 Å². The molecule has 1 unspecified atom stereocenters. The number of hydrogen-bond donors (Lipinski definition) is 1. The highest BCUT2D eigenvalue weighted by molar-refractivity contribution is 5.32. The minimum absolute atomic E-state index is 0.121. The molecule has 2 aromatic carbocycles. The van der Waals surface area contributed by atoms with Crippen molar-refractivity contribution in [2.75, 3.05) is 0 Å². The maximum Gasteiger partial charge on any atom is 0.123 e. The van der Waals surface area contributed by atoms with Crippen molar-refractivity contribution >= 4 is 0 Å². The number of hydrogen-bond acceptors (Lipinski definition) is 2. The van der Waals surface area contributed by atoms with Gasteiger partial charge < -0.3 is 9.84 Å². The van der Waals surface area contributed by atoms with Gasteiger partial charge in [-0.3, -0.25) is 0 Å². The molecule has 0 fully saturated rings. The number of halogens is 1. The molecule has 2 aromatic rings. The Morgan fingerprint density at radius 3 is 2.14 bits per heavy atom. The van der Waals surface area contributed by atoms with E-state index in [1.165, 1.54) is 12.1 Å². The number of benzene rings is 2. The van der Waals surface area contributed by atoms with Crippen molar-refractivity contribution in [1.82, 2.24) is 0 Å². The first kappa shape index (κ1) is 15.5. The van der Waals surface area contributed by atoms with Gasteiger partial charge in [-0.15, -0.1) is 0 Å². The fraction of sp³-hybridized carbons (Fsp3) is 0.333. The Labute approximate surface area is 125 Å². The Morgan fingerprint density at radius 1 is 1.05 bits per heavy atom. The fourth-order valence-corrected chi connectivity index (χ4v) is 2.27. The van der Waals surface area contributed by atoms with Crippen LogP contribution in [0.3, 0.4) is 0 Å². The third-order valence-electron chi connectivity index (χ3n) is 3.31. The molecule has 0 saturated heterocycles. The topological polar surface area (TPSA) is 29.5 Å². The first-order valence-corrected chi connectivity index (χ1v) is 7.11. The van der Waals surface area contributed by atoms with Crippen LogP contribution < -0.4 is 4.74 Å². The normalized spacial score (nSPS) is 14.0. The fourth-order valence-electron chi connectivity index (χ4n) is 2.27. The number of ether oxygens (including phenoxy) is 1. The largest absolute Gasteiger partial charge is 0.491 e. The van der Waals surface area contributed by atoms with E-state index in [4.69, 9.17) is 4.74 Å². The van der Waals surface area contributed by atoms with Crippen LogP contribution in [0.4, 0.5) is 4.39 Å². The first-order valence-electron chi connectivity index (χ1n) is 7.11. The Kier molecular flexibility index (Phi) is 4.63. The van der Waals surface area contributed by atoms with Crippen molar-refractivity contribution in [1.29, 1.82) is 0 Å². The van der Waals surface area contributed by atoms with Crippen LogP contribution in [0.25, 0.3) is 0 Å². The summed E-state index contributed by atoms with van der Waals surface area (Å²) in [7, 11) is 0. The molecule has 1 N–H and O–H groups in total. The summed E-state index contributed by atoms with van der Waals surface area (Å²) in [5.74, 6) is 0.514. The summed E-state index contributed by atoms with van der Waals surface area (Å²) in [6.07, 6.45) is 0.549. The first-order chi connectivity index (χ1) is 9.87. The highest BCUT2D eigenvalue weighted by atomic mass is 19.1. The minimum atomic E-state index is -1.01. The van der Waals surface area contributed by atoms with E-state index in [1.807, 2.05) is 38.1 Å². The van der Waals surface area contributed by atoms with Gasteiger partial charge in [-0.25, -0.2) is 4.39 Å². The molecule has 1 atom stereocenters. The van der Waals surface area contributed by atoms with Crippen molar-refractivity contribution < 1.29 is 14.2 Å². The zero-order valence-electron chi connectivity index (χ0n) is 12.6. The average Bonchev–Trinajstić information content (AvgIpc) is 2.41. The van der Waals surface area contributed by atoms with Gasteiger partial charge in [-0.2, -0.15) is 0 Å². The van der Waals surface area contributed by atoms with E-state index in [-0.39, 0.29) is 11.9 Å². The van der Waals surface area contributed by atoms with Crippen LogP contribution in [0.5, 0.6) is 5.75 Å².